The Morgan fingerprint density at radius 1 is 0.917 bits per heavy atom. The highest BCUT2D eigenvalue weighted by molar-refractivity contribution is 6.30. The van der Waals surface area contributed by atoms with Crippen molar-refractivity contribution in [3.05, 3.63) is 70.7 Å². The van der Waals surface area contributed by atoms with Gasteiger partial charge in [0.2, 0.25) is 5.91 Å². The maximum absolute atomic E-state index is 12.4. The quantitative estimate of drug-likeness (QED) is 0.773. The summed E-state index contributed by atoms with van der Waals surface area (Å²) in [6.07, 6.45) is 2.08. The zero-order chi connectivity index (χ0) is 16.5. The first-order chi connectivity index (χ1) is 11.2. The molecule has 0 heterocycles. The molecule has 2 aromatic rings. The average Bonchev–Trinajstić information content (AvgIpc) is 2.58. The van der Waals surface area contributed by atoms with E-state index < -0.39 is 0 Å². The minimum atomic E-state index is 0. The van der Waals surface area contributed by atoms with Gasteiger partial charge in [0.05, 0.1) is 0 Å². The second-order valence-electron chi connectivity index (χ2n) is 5.53. The van der Waals surface area contributed by atoms with Crippen molar-refractivity contribution < 1.29 is 4.79 Å². The minimum Gasteiger partial charge on any atom is -0.341 e. The first kappa shape index (κ1) is 20.5. The van der Waals surface area contributed by atoms with Crippen LogP contribution in [0.1, 0.15) is 17.5 Å². The molecule has 0 unspecified atom stereocenters. The zero-order valence-electron chi connectivity index (χ0n) is 13.7. The van der Waals surface area contributed by atoms with E-state index in [4.69, 9.17) is 17.3 Å². The maximum atomic E-state index is 12.4. The van der Waals surface area contributed by atoms with Gasteiger partial charge in [-0.05, 0) is 36.1 Å². The Labute approximate surface area is 155 Å². The summed E-state index contributed by atoms with van der Waals surface area (Å²) in [5, 5.41) is 0.715. The number of hydrogen-bond donors (Lipinski definition) is 1. The summed E-state index contributed by atoms with van der Waals surface area (Å²) < 4.78 is 0. The van der Waals surface area contributed by atoms with Crippen molar-refractivity contribution in [2.75, 3.05) is 19.6 Å². The second-order valence-corrected chi connectivity index (χ2v) is 5.97. The molecule has 0 radical (unpaired) electrons. The molecule has 0 aromatic heterocycles. The molecule has 2 rings (SSSR count). The fourth-order valence-electron chi connectivity index (χ4n) is 2.49. The van der Waals surface area contributed by atoms with Gasteiger partial charge in [-0.2, -0.15) is 0 Å². The van der Waals surface area contributed by atoms with E-state index in [-0.39, 0.29) is 18.3 Å². The van der Waals surface area contributed by atoms with Gasteiger partial charge >= 0.3 is 0 Å². The molecule has 0 atom stereocenters. The smallest absolute Gasteiger partial charge is 0.222 e. The molecule has 0 bridgehead atoms. The van der Waals surface area contributed by atoms with Gasteiger partial charge in [0.1, 0.15) is 0 Å². The Balaban J connectivity index is 0.00000288. The van der Waals surface area contributed by atoms with Crippen LogP contribution in [0.2, 0.25) is 5.02 Å². The molecule has 130 valence electrons. The molecule has 2 N–H and O–H groups in total. The first-order valence-corrected chi connectivity index (χ1v) is 8.33. The highest BCUT2D eigenvalue weighted by atomic mass is 35.5. The van der Waals surface area contributed by atoms with Crippen LogP contribution in [0.15, 0.2) is 54.6 Å². The number of hydrogen-bond acceptors (Lipinski definition) is 2. The van der Waals surface area contributed by atoms with Gasteiger partial charge in [-0.1, -0.05) is 54.1 Å². The summed E-state index contributed by atoms with van der Waals surface area (Å²) in [4.78, 5) is 14.3. The lowest BCUT2D eigenvalue weighted by Crippen LogP contribution is -2.37. The number of carbonyl (C=O) groups excluding carboxylic acids is 1. The van der Waals surface area contributed by atoms with Crippen molar-refractivity contribution in [1.82, 2.24) is 4.90 Å². The Bertz CT molecular complexity index is 603. The van der Waals surface area contributed by atoms with Gasteiger partial charge in [-0.25, -0.2) is 0 Å². The van der Waals surface area contributed by atoms with Gasteiger partial charge in [-0.3, -0.25) is 4.79 Å². The van der Waals surface area contributed by atoms with E-state index in [1.165, 1.54) is 5.56 Å². The van der Waals surface area contributed by atoms with Crippen molar-refractivity contribution in [3.8, 4) is 0 Å². The predicted octanol–water partition coefficient (Wildman–Crippen LogP) is 3.72. The molecular formula is C19H24Cl2N2O. The Hall–Kier alpha value is -1.55. The number of carbonyl (C=O) groups is 1. The summed E-state index contributed by atoms with van der Waals surface area (Å²) in [5.74, 6) is 0.154. The van der Waals surface area contributed by atoms with Crippen LogP contribution in [0.25, 0.3) is 0 Å². The van der Waals surface area contributed by atoms with Crippen LogP contribution in [-0.4, -0.2) is 30.4 Å². The van der Waals surface area contributed by atoms with E-state index in [0.29, 0.717) is 31.1 Å². The molecule has 0 aliphatic carbocycles. The third-order valence-electron chi connectivity index (χ3n) is 3.81. The number of nitrogens with two attached hydrogens (primary N) is 1. The summed E-state index contributed by atoms with van der Waals surface area (Å²) >= 11 is 5.88. The van der Waals surface area contributed by atoms with Crippen molar-refractivity contribution >= 4 is 29.9 Å². The molecule has 0 aliphatic heterocycles. The van der Waals surface area contributed by atoms with Crippen LogP contribution in [0, 0.1) is 0 Å². The van der Waals surface area contributed by atoms with Crippen molar-refractivity contribution in [3.63, 3.8) is 0 Å². The highest BCUT2D eigenvalue weighted by Gasteiger charge is 2.12. The maximum Gasteiger partial charge on any atom is 0.222 e. The van der Waals surface area contributed by atoms with Crippen molar-refractivity contribution in [2.24, 2.45) is 5.73 Å². The van der Waals surface area contributed by atoms with Crippen LogP contribution in [-0.2, 0) is 17.6 Å². The largest absolute Gasteiger partial charge is 0.341 e. The molecule has 24 heavy (non-hydrogen) atoms. The van der Waals surface area contributed by atoms with Gasteiger partial charge in [0.25, 0.3) is 0 Å². The molecule has 0 saturated heterocycles. The second kappa shape index (κ2) is 11.1. The Morgan fingerprint density at radius 2 is 1.54 bits per heavy atom. The first-order valence-electron chi connectivity index (χ1n) is 7.95. The fraction of sp³-hybridized carbons (Fsp3) is 0.316. The molecule has 1 amide bonds. The Morgan fingerprint density at radius 3 is 2.17 bits per heavy atom. The number of nitrogens with zero attached hydrogens (tertiary/aromatic N) is 1. The number of benzene rings is 2. The van der Waals surface area contributed by atoms with E-state index >= 15 is 0 Å². The summed E-state index contributed by atoms with van der Waals surface area (Å²) in [6.45, 7) is 1.80. The van der Waals surface area contributed by atoms with Crippen molar-refractivity contribution in [1.29, 1.82) is 0 Å². The fourth-order valence-corrected chi connectivity index (χ4v) is 2.61. The molecule has 0 spiro atoms. The predicted molar refractivity (Wildman–Crippen MR) is 103 cm³/mol. The highest BCUT2D eigenvalue weighted by Crippen LogP contribution is 2.12. The van der Waals surface area contributed by atoms with E-state index in [2.05, 4.69) is 12.1 Å². The molecule has 2 aromatic carbocycles. The van der Waals surface area contributed by atoms with Gasteiger partial charge in [-0.15, -0.1) is 12.4 Å². The van der Waals surface area contributed by atoms with Gasteiger partial charge < -0.3 is 10.6 Å². The average molecular weight is 367 g/mol. The number of halogens is 2. The lowest BCUT2D eigenvalue weighted by Gasteiger charge is -2.22. The van der Waals surface area contributed by atoms with Crippen LogP contribution >= 0.6 is 24.0 Å². The summed E-state index contributed by atoms with van der Waals surface area (Å²) in [5.41, 5.74) is 8.01. The van der Waals surface area contributed by atoms with E-state index in [1.54, 1.807) is 0 Å². The SMILES string of the molecule is Cl.NCCN(CCc1ccccc1)C(=O)CCc1ccc(Cl)cc1. The standard InChI is InChI=1S/C19H23ClN2O.ClH/c20-18-9-6-17(7-10-18)8-11-19(23)22(15-13-21)14-12-16-4-2-1-3-5-16;/h1-7,9-10H,8,11-15,21H2;1H. The molecule has 0 aliphatic rings. The van der Waals surface area contributed by atoms with Crippen LogP contribution < -0.4 is 5.73 Å². The summed E-state index contributed by atoms with van der Waals surface area (Å²) in [6, 6.07) is 17.8. The van der Waals surface area contributed by atoms with Crippen LogP contribution in [0.3, 0.4) is 0 Å². The molecule has 5 heteroatoms. The molecule has 3 nitrogen and oxygen atoms in total. The van der Waals surface area contributed by atoms with Gasteiger partial charge in [0.15, 0.2) is 0 Å². The lowest BCUT2D eigenvalue weighted by atomic mass is 10.1. The topological polar surface area (TPSA) is 46.3 Å². The summed E-state index contributed by atoms with van der Waals surface area (Å²) in [7, 11) is 0. The van der Waals surface area contributed by atoms with Crippen molar-refractivity contribution in [2.45, 2.75) is 19.3 Å². The lowest BCUT2D eigenvalue weighted by molar-refractivity contribution is -0.131. The molecule has 0 fully saturated rings. The monoisotopic (exact) mass is 366 g/mol. The van der Waals surface area contributed by atoms with Gasteiger partial charge in [0, 0.05) is 31.1 Å². The number of rotatable bonds is 8. The van der Waals surface area contributed by atoms with Crippen LogP contribution in [0.4, 0.5) is 0 Å². The third-order valence-corrected chi connectivity index (χ3v) is 4.06. The van der Waals surface area contributed by atoms with E-state index in [0.717, 1.165) is 18.4 Å². The minimum absolute atomic E-state index is 0. The zero-order valence-corrected chi connectivity index (χ0v) is 15.2. The molecular weight excluding hydrogens is 343 g/mol. The normalized spacial score (nSPS) is 10.1. The Kier molecular flexibility index (Phi) is 9.46. The van der Waals surface area contributed by atoms with E-state index in [9.17, 15) is 4.79 Å². The number of aryl methyl sites for hydroxylation is 1. The third kappa shape index (κ3) is 6.91. The number of amides is 1. The molecule has 0 saturated carbocycles. The van der Waals surface area contributed by atoms with Crippen LogP contribution in [0.5, 0.6) is 0 Å². The van der Waals surface area contributed by atoms with E-state index in [1.807, 2.05) is 47.4 Å².